The van der Waals surface area contributed by atoms with Gasteiger partial charge in [0.15, 0.2) is 5.16 Å². The molecule has 2 aromatic rings. The van der Waals surface area contributed by atoms with Crippen molar-refractivity contribution in [3.63, 3.8) is 0 Å². The van der Waals surface area contributed by atoms with Crippen molar-refractivity contribution in [2.24, 2.45) is 5.11 Å². The molecule has 7 heteroatoms. The Kier molecular flexibility index (Phi) is 6.06. The number of aromatic amines is 1. The predicted molar refractivity (Wildman–Crippen MR) is 97.4 cm³/mol. The van der Waals surface area contributed by atoms with Gasteiger partial charge >= 0.3 is 0 Å². The van der Waals surface area contributed by atoms with E-state index in [-0.39, 0.29) is 10.8 Å². The highest BCUT2D eigenvalue weighted by atomic mass is 32.2. The van der Waals surface area contributed by atoms with Gasteiger partial charge in [0.05, 0.1) is 5.69 Å². The Labute approximate surface area is 145 Å². The van der Waals surface area contributed by atoms with Crippen molar-refractivity contribution in [2.75, 3.05) is 0 Å². The lowest BCUT2D eigenvalue weighted by Crippen LogP contribution is -2.20. The molecule has 1 atom stereocenters. The molecule has 0 radical (unpaired) electrons. The molecule has 0 aliphatic carbocycles. The van der Waals surface area contributed by atoms with Crippen molar-refractivity contribution in [2.45, 2.75) is 50.6 Å². The van der Waals surface area contributed by atoms with Crippen LogP contribution in [0.15, 0.2) is 39.3 Å². The number of aryl methyl sites for hydroxylation is 1. The molecule has 0 aliphatic heterocycles. The molecule has 24 heavy (non-hydrogen) atoms. The first-order chi connectivity index (χ1) is 11.5. The summed E-state index contributed by atoms with van der Waals surface area (Å²) in [5, 5.41) is 4.75. The molecule has 0 saturated heterocycles. The Bertz CT molecular complexity index is 807. The molecule has 0 aliphatic rings. The highest BCUT2D eigenvalue weighted by Crippen LogP contribution is 2.29. The van der Waals surface area contributed by atoms with Gasteiger partial charge in [-0.05, 0) is 24.4 Å². The first kappa shape index (κ1) is 18.1. The number of H-pyrrole nitrogens is 1. The van der Waals surface area contributed by atoms with Crippen molar-refractivity contribution in [1.29, 1.82) is 0 Å². The third-order valence-electron chi connectivity index (χ3n) is 3.55. The fourth-order valence-corrected chi connectivity index (χ4v) is 3.17. The summed E-state index contributed by atoms with van der Waals surface area (Å²) < 4.78 is 0. The second-order valence-electron chi connectivity index (χ2n) is 5.77. The highest BCUT2D eigenvalue weighted by molar-refractivity contribution is 7.99. The molecule has 0 saturated carbocycles. The number of nitrogens with zero attached hydrogens (tertiary/aromatic N) is 4. The third-order valence-corrected chi connectivity index (χ3v) is 4.43. The first-order valence-corrected chi connectivity index (χ1v) is 8.74. The smallest absolute Gasteiger partial charge is 0.254 e. The monoisotopic (exact) mass is 343 g/mol. The molecule has 1 aromatic heterocycles. The van der Waals surface area contributed by atoms with Crippen LogP contribution >= 0.6 is 11.8 Å². The maximum absolute atomic E-state index is 12.4. The molecule has 1 aromatic carbocycles. The average molecular weight is 343 g/mol. The fourth-order valence-electron chi connectivity index (χ4n) is 2.42. The third kappa shape index (κ3) is 4.19. The van der Waals surface area contributed by atoms with E-state index in [0.717, 1.165) is 11.1 Å². The van der Waals surface area contributed by atoms with Crippen LogP contribution in [0.4, 0.5) is 0 Å². The normalized spacial score (nSPS) is 12.0. The van der Waals surface area contributed by atoms with Crippen molar-refractivity contribution >= 4 is 11.8 Å². The highest BCUT2D eigenvalue weighted by Gasteiger charge is 2.21. The summed E-state index contributed by atoms with van der Waals surface area (Å²) in [5.41, 5.74) is 11.9. The number of rotatable bonds is 6. The van der Waals surface area contributed by atoms with E-state index in [4.69, 9.17) is 5.53 Å². The molecular formula is C17H21N5OS. The second-order valence-corrected chi connectivity index (χ2v) is 7.34. The van der Waals surface area contributed by atoms with Gasteiger partial charge in [-0.15, -0.1) is 0 Å². The fraction of sp³-hybridized carbons (Fsp3) is 0.412. The second kappa shape index (κ2) is 8.04. The van der Waals surface area contributed by atoms with Crippen LogP contribution in [0.1, 0.15) is 49.2 Å². The molecule has 0 fully saturated rings. The van der Waals surface area contributed by atoms with Gasteiger partial charge in [0.25, 0.3) is 5.56 Å². The standard InChI is InChI=1S/C17H21N5OS/c1-5-13-15(19-17(20-16(13)23)24-10(2)3)14(21-22-18)12-8-6-11(4)7-9-12/h6-10,14H,5H2,1-4H3,(H,19,20,23). The predicted octanol–water partition coefficient (Wildman–Crippen LogP) is 4.54. The van der Waals surface area contributed by atoms with E-state index in [1.165, 1.54) is 11.8 Å². The maximum atomic E-state index is 12.4. The summed E-state index contributed by atoms with van der Waals surface area (Å²) in [5.74, 6) is 0. The zero-order valence-electron chi connectivity index (χ0n) is 14.3. The van der Waals surface area contributed by atoms with Crippen molar-refractivity contribution in [3.8, 4) is 0 Å². The molecule has 2 rings (SSSR count). The van der Waals surface area contributed by atoms with Gasteiger partial charge in [0, 0.05) is 15.7 Å². The van der Waals surface area contributed by atoms with Gasteiger partial charge in [-0.25, -0.2) is 4.98 Å². The molecule has 1 N–H and O–H groups in total. The molecular weight excluding hydrogens is 322 g/mol. The minimum Gasteiger partial charge on any atom is -0.301 e. The molecule has 1 unspecified atom stereocenters. The molecule has 1 heterocycles. The largest absolute Gasteiger partial charge is 0.301 e. The SMILES string of the molecule is CCc1c(C(N=[N+]=[N-])c2ccc(C)cc2)nc(SC(C)C)[nH]c1=O. The summed E-state index contributed by atoms with van der Waals surface area (Å²) in [6, 6.07) is 7.12. The van der Waals surface area contributed by atoms with E-state index in [9.17, 15) is 4.79 Å². The van der Waals surface area contributed by atoms with Crippen LogP contribution in [-0.2, 0) is 6.42 Å². The summed E-state index contributed by atoms with van der Waals surface area (Å²) in [4.78, 5) is 22.8. The van der Waals surface area contributed by atoms with Crippen molar-refractivity contribution < 1.29 is 0 Å². The summed E-state index contributed by atoms with van der Waals surface area (Å²) in [7, 11) is 0. The minimum absolute atomic E-state index is 0.170. The van der Waals surface area contributed by atoms with Crippen LogP contribution in [0, 0.1) is 6.92 Å². The van der Waals surface area contributed by atoms with Gasteiger partial charge in [-0.2, -0.15) is 0 Å². The van der Waals surface area contributed by atoms with Gasteiger partial charge in [-0.3, -0.25) is 4.79 Å². The minimum atomic E-state index is -0.612. The van der Waals surface area contributed by atoms with E-state index in [2.05, 4.69) is 20.0 Å². The molecule has 0 bridgehead atoms. The number of azide groups is 1. The van der Waals surface area contributed by atoms with E-state index in [1.54, 1.807) is 0 Å². The first-order valence-electron chi connectivity index (χ1n) is 7.86. The van der Waals surface area contributed by atoms with Gasteiger partial charge in [0.1, 0.15) is 6.04 Å². The Morgan fingerprint density at radius 2 is 2.00 bits per heavy atom. The van der Waals surface area contributed by atoms with Crippen LogP contribution in [0.5, 0.6) is 0 Å². The summed E-state index contributed by atoms with van der Waals surface area (Å²) in [6.07, 6.45) is 0.521. The Balaban J connectivity index is 2.63. The van der Waals surface area contributed by atoms with Gasteiger partial charge in [0.2, 0.25) is 0 Å². The lowest BCUT2D eigenvalue weighted by molar-refractivity contribution is 0.741. The number of hydrogen-bond donors (Lipinski definition) is 1. The van der Waals surface area contributed by atoms with E-state index in [0.29, 0.717) is 22.8 Å². The number of aromatic nitrogens is 2. The topological polar surface area (TPSA) is 94.5 Å². The lowest BCUT2D eigenvalue weighted by Gasteiger charge is -2.16. The number of hydrogen-bond acceptors (Lipinski definition) is 4. The van der Waals surface area contributed by atoms with E-state index >= 15 is 0 Å². The van der Waals surface area contributed by atoms with Crippen LogP contribution in [0.3, 0.4) is 0 Å². The van der Waals surface area contributed by atoms with Crippen molar-refractivity contribution in [3.05, 3.63) is 67.4 Å². The molecule has 0 spiro atoms. The Morgan fingerprint density at radius 3 is 2.54 bits per heavy atom. The summed E-state index contributed by atoms with van der Waals surface area (Å²) >= 11 is 1.48. The van der Waals surface area contributed by atoms with Crippen LogP contribution in [0.25, 0.3) is 10.4 Å². The van der Waals surface area contributed by atoms with Crippen LogP contribution in [0.2, 0.25) is 0 Å². The van der Waals surface area contributed by atoms with Gasteiger partial charge < -0.3 is 4.98 Å². The van der Waals surface area contributed by atoms with E-state index < -0.39 is 6.04 Å². The van der Waals surface area contributed by atoms with Crippen molar-refractivity contribution in [1.82, 2.24) is 9.97 Å². The zero-order valence-corrected chi connectivity index (χ0v) is 15.1. The Hall–Kier alpha value is -2.24. The Morgan fingerprint density at radius 1 is 1.33 bits per heavy atom. The number of nitrogens with one attached hydrogen (secondary N) is 1. The summed E-state index contributed by atoms with van der Waals surface area (Å²) in [6.45, 7) is 7.95. The van der Waals surface area contributed by atoms with Gasteiger partial charge in [-0.1, -0.05) is 67.5 Å². The van der Waals surface area contributed by atoms with Crippen LogP contribution < -0.4 is 5.56 Å². The van der Waals surface area contributed by atoms with Crippen LogP contribution in [-0.4, -0.2) is 15.2 Å². The molecule has 126 valence electrons. The lowest BCUT2D eigenvalue weighted by atomic mass is 9.99. The number of thioether (sulfide) groups is 1. The zero-order chi connectivity index (χ0) is 17.7. The number of benzene rings is 1. The quantitative estimate of drug-likeness (QED) is 0.274. The molecule has 0 amide bonds. The molecule has 6 nitrogen and oxygen atoms in total. The maximum Gasteiger partial charge on any atom is 0.254 e. The average Bonchev–Trinajstić information content (AvgIpc) is 2.52. The van der Waals surface area contributed by atoms with E-state index in [1.807, 2.05) is 52.0 Å².